The van der Waals surface area contributed by atoms with Gasteiger partial charge >= 0.3 is 0 Å². The largest absolute Gasteiger partial charge is 0.490 e. The van der Waals surface area contributed by atoms with Gasteiger partial charge in [-0.2, -0.15) is 0 Å². The highest BCUT2D eigenvalue weighted by Crippen LogP contribution is 2.28. The van der Waals surface area contributed by atoms with Crippen LogP contribution in [0.4, 0.5) is 0 Å². The Hall–Kier alpha value is -0.770. The van der Waals surface area contributed by atoms with Crippen LogP contribution in [-0.4, -0.2) is 17.3 Å². The van der Waals surface area contributed by atoms with Crippen LogP contribution in [0.2, 0.25) is 5.02 Å². The minimum Gasteiger partial charge on any atom is -0.490 e. The molecule has 102 valence electrons. The highest BCUT2D eigenvalue weighted by atomic mass is 35.5. The van der Waals surface area contributed by atoms with E-state index >= 15 is 0 Å². The molecule has 0 amide bonds. The molecular weight excluding hydrogens is 250 g/mol. The van der Waals surface area contributed by atoms with Gasteiger partial charge in [-0.25, -0.2) is 0 Å². The molecule has 1 aromatic rings. The van der Waals surface area contributed by atoms with E-state index < -0.39 is 5.60 Å². The van der Waals surface area contributed by atoms with E-state index in [9.17, 15) is 5.11 Å². The van der Waals surface area contributed by atoms with Crippen molar-refractivity contribution >= 4 is 11.6 Å². The van der Waals surface area contributed by atoms with E-state index in [1.807, 2.05) is 20.8 Å². The first-order chi connectivity index (χ1) is 8.41. The fraction of sp³-hybridized carbons (Fsp3) is 0.571. The zero-order valence-corrected chi connectivity index (χ0v) is 12.0. The van der Waals surface area contributed by atoms with Crippen LogP contribution in [0.5, 0.6) is 5.75 Å². The Kier molecular flexibility index (Phi) is 5.45. The summed E-state index contributed by atoms with van der Waals surface area (Å²) in [6.45, 7) is 6.04. The van der Waals surface area contributed by atoms with Gasteiger partial charge in [-0.05, 0) is 38.0 Å². The third kappa shape index (κ3) is 3.87. The molecule has 0 radical (unpaired) electrons. The lowest BCUT2D eigenvalue weighted by molar-refractivity contribution is -0.0116. The summed E-state index contributed by atoms with van der Waals surface area (Å²) in [4.78, 5) is 0. The van der Waals surface area contributed by atoms with Gasteiger partial charge in [-0.15, -0.1) is 0 Å². The summed E-state index contributed by atoms with van der Waals surface area (Å²) in [7, 11) is 0. The summed E-state index contributed by atoms with van der Waals surface area (Å²) in [6, 6.07) is 5.21. The van der Waals surface area contributed by atoms with Gasteiger partial charge in [0, 0.05) is 16.6 Å². The fourth-order valence-corrected chi connectivity index (χ4v) is 1.85. The van der Waals surface area contributed by atoms with Crippen LogP contribution >= 0.6 is 11.6 Å². The monoisotopic (exact) mass is 271 g/mol. The zero-order valence-electron chi connectivity index (χ0n) is 11.2. The van der Waals surface area contributed by atoms with E-state index in [0.717, 1.165) is 5.56 Å². The Morgan fingerprint density at radius 3 is 2.50 bits per heavy atom. The van der Waals surface area contributed by atoms with E-state index in [2.05, 4.69) is 0 Å². The standard InChI is InChI=1S/C14H22ClNO2/c1-4-14(17,5-2)9-18-13-7-6-11(15)8-12(13)10(3)16/h6-8,10,17H,4-5,9,16H2,1-3H3/t10-/m0/s1. The molecule has 3 N–H and O–H groups in total. The van der Waals surface area contributed by atoms with Crippen LogP contribution in [0, 0.1) is 0 Å². The topological polar surface area (TPSA) is 55.5 Å². The lowest BCUT2D eigenvalue weighted by Crippen LogP contribution is -2.34. The van der Waals surface area contributed by atoms with Gasteiger partial charge in [0.1, 0.15) is 12.4 Å². The third-order valence-electron chi connectivity index (χ3n) is 3.27. The molecule has 0 aliphatic rings. The molecule has 4 heteroatoms. The number of aliphatic hydroxyl groups is 1. The second kappa shape index (κ2) is 6.41. The maximum absolute atomic E-state index is 10.2. The maximum Gasteiger partial charge on any atom is 0.124 e. The summed E-state index contributed by atoms with van der Waals surface area (Å²) < 4.78 is 5.71. The molecule has 0 spiro atoms. The van der Waals surface area contributed by atoms with Crippen molar-refractivity contribution in [2.24, 2.45) is 5.73 Å². The van der Waals surface area contributed by atoms with Crippen molar-refractivity contribution < 1.29 is 9.84 Å². The van der Waals surface area contributed by atoms with Crippen molar-refractivity contribution in [1.82, 2.24) is 0 Å². The maximum atomic E-state index is 10.2. The van der Waals surface area contributed by atoms with Gasteiger partial charge in [-0.3, -0.25) is 0 Å². The highest BCUT2D eigenvalue weighted by molar-refractivity contribution is 6.30. The Morgan fingerprint density at radius 2 is 2.00 bits per heavy atom. The van der Waals surface area contributed by atoms with E-state index in [1.165, 1.54) is 0 Å². The molecule has 0 aromatic heterocycles. The minimum atomic E-state index is -0.783. The molecule has 1 rings (SSSR count). The lowest BCUT2D eigenvalue weighted by atomic mass is 9.99. The number of hydrogen-bond acceptors (Lipinski definition) is 3. The van der Waals surface area contributed by atoms with Crippen LogP contribution in [0.25, 0.3) is 0 Å². The zero-order chi connectivity index (χ0) is 13.8. The molecule has 0 bridgehead atoms. The second-order valence-corrected chi connectivity index (χ2v) is 5.13. The van der Waals surface area contributed by atoms with Crippen LogP contribution in [0.3, 0.4) is 0 Å². The first kappa shape index (κ1) is 15.3. The summed E-state index contributed by atoms with van der Waals surface area (Å²) in [6.07, 6.45) is 1.31. The summed E-state index contributed by atoms with van der Waals surface area (Å²) in [5.41, 5.74) is 5.96. The first-order valence-corrected chi connectivity index (χ1v) is 6.70. The normalized spacial score (nSPS) is 13.4. The Labute approximate surface area is 114 Å². The Balaban J connectivity index is 2.85. The van der Waals surface area contributed by atoms with Crippen LogP contribution in [0.15, 0.2) is 18.2 Å². The number of halogens is 1. The molecule has 0 unspecified atom stereocenters. The van der Waals surface area contributed by atoms with Crippen molar-refractivity contribution in [1.29, 1.82) is 0 Å². The summed E-state index contributed by atoms with van der Waals surface area (Å²) in [5.74, 6) is 0.690. The quantitative estimate of drug-likeness (QED) is 0.835. The van der Waals surface area contributed by atoms with Crippen molar-refractivity contribution in [2.75, 3.05) is 6.61 Å². The molecule has 0 fully saturated rings. The Morgan fingerprint density at radius 1 is 1.39 bits per heavy atom. The van der Waals surface area contributed by atoms with Gasteiger partial charge in [-0.1, -0.05) is 25.4 Å². The van der Waals surface area contributed by atoms with Crippen LogP contribution < -0.4 is 10.5 Å². The van der Waals surface area contributed by atoms with Crippen molar-refractivity contribution in [3.63, 3.8) is 0 Å². The van der Waals surface area contributed by atoms with Crippen molar-refractivity contribution in [3.8, 4) is 5.75 Å². The van der Waals surface area contributed by atoms with Gasteiger partial charge < -0.3 is 15.6 Å². The highest BCUT2D eigenvalue weighted by Gasteiger charge is 2.23. The van der Waals surface area contributed by atoms with Crippen molar-refractivity contribution in [3.05, 3.63) is 28.8 Å². The number of ether oxygens (including phenoxy) is 1. The molecule has 0 heterocycles. The average Bonchev–Trinajstić information content (AvgIpc) is 2.36. The number of rotatable bonds is 6. The average molecular weight is 272 g/mol. The second-order valence-electron chi connectivity index (χ2n) is 4.69. The predicted octanol–water partition coefficient (Wildman–Crippen LogP) is 3.29. The molecule has 0 saturated carbocycles. The van der Waals surface area contributed by atoms with Gasteiger partial charge in [0.15, 0.2) is 0 Å². The first-order valence-electron chi connectivity index (χ1n) is 6.32. The number of benzene rings is 1. The van der Waals surface area contributed by atoms with Gasteiger partial charge in [0.05, 0.1) is 5.60 Å². The van der Waals surface area contributed by atoms with Gasteiger partial charge in [0.2, 0.25) is 0 Å². The molecule has 3 nitrogen and oxygen atoms in total. The van der Waals surface area contributed by atoms with E-state index in [-0.39, 0.29) is 12.6 Å². The minimum absolute atomic E-state index is 0.157. The van der Waals surface area contributed by atoms with E-state index in [4.69, 9.17) is 22.1 Å². The fourth-order valence-electron chi connectivity index (χ4n) is 1.67. The van der Waals surface area contributed by atoms with Crippen molar-refractivity contribution in [2.45, 2.75) is 45.3 Å². The molecule has 0 saturated heterocycles. The van der Waals surface area contributed by atoms with E-state index in [0.29, 0.717) is 23.6 Å². The SMILES string of the molecule is CCC(O)(CC)COc1ccc(Cl)cc1[C@H](C)N. The number of nitrogens with two attached hydrogens (primary N) is 1. The molecule has 1 aromatic carbocycles. The lowest BCUT2D eigenvalue weighted by Gasteiger charge is -2.26. The molecule has 18 heavy (non-hydrogen) atoms. The van der Waals surface area contributed by atoms with E-state index in [1.54, 1.807) is 18.2 Å². The third-order valence-corrected chi connectivity index (χ3v) is 3.51. The number of hydrogen-bond donors (Lipinski definition) is 2. The molecule has 1 atom stereocenters. The molecule has 0 aliphatic heterocycles. The summed E-state index contributed by atoms with van der Waals surface area (Å²) in [5, 5.41) is 10.8. The predicted molar refractivity (Wildman–Crippen MR) is 75.1 cm³/mol. The molecule has 0 aliphatic carbocycles. The smallest absolute Gasteiger partial charge is 0.124 e. The Bertz CT molecular complexity index is 389. The van der Waals surface area contributed by atoms with Crippen LogP contribution in [0.1, 0.15) is 45.2 Å². The van der Waals surface area contributed by atoms with Gasteiger partial charge in [0.25, 0.3) is 0 Å². The van der Waals surface area contributed by atoms with Crippen LogP contribution in [-0.2, 0) is 0 Å². The summed E-state index contributed by atoms with van der Waals surface area (Å²) >= 11 is 5.95. The molecular formula is C14H22ClNO2.